The van der Waals surface area contributed by atoms with Crippen molar-refractivity contribution in [1.82, 2.24) is 4.90 Å². The Kier molecular flexibility index (Phi) is 6.10. The number of carbonyl (C=O) groups excluding carboxylic acids is 1. The predicted molar refractivity (Wildman–Crippen MR) is 89.7 cm³/mol. The van der Waals surface area contributed by atoms with Crippen molar-refractivity contribution in [1.29, 1.82) is 0 Å². The van der Waals surface area contributed by atoms with Crippen molar-refractivity contribution < 1.29 is 4.79 Å². The molecule has 2 N–H and O–H groups in total. The molecule has 0 bridgehead atoms. The van der Waals surface area contributed by atoms with Crippen LogP contribution >= 0.6 is 46.9 Å². The average Bonchev–Trinajstić information content (AvgIpc) is 2.72. The molecule has 2 rings (SSSR count). The summed E-state index contributed by atoms with van der Waals surface area (Å²) in [7, 11) is 1.73. The number of fused-ring (bicyclic) bond motifs is 1. The van der Waals surface area contributed by atoms with E-state index in [1.165, 1.54) is 11.3 Å². The lowest BCUT2D eigenvalue weighted by molar-refractivity contribution is 0.0753. The maximum absolute atomic E-state index is 12.4. The summed E-state index contributed by atoms with van der Waals surface area (Å²) in [5, 5.41) is 1.97. The molecule has 110 valence electrons. The highest BCUT2D eigenvalue weighted by atomic mass is 35.5. The van der Waals surface area contributed by atoms with Crippen molar-refractivity contribution in [3.63, 3.8) is 0 Å². The number of benzene rings is 1. The van der Waals surface area contributed by atoms with Gasteiger partial charge in [0.15, 0.2) is 0 Å². The largest absolute Gasteiger partial charge is 0.337 e. The summed E-state index contributed by atoms with van der Waals surface area (Å²) in [6.07, 6.45) is 0. The van der Waals surface area contributed by atoms with E-state index in [0.29, 0.717) is 21.5 Å². The van der Waals surface area contributed by atoms with Crippen molar-refractivity contribution in [2.75, 3.05) is 13.6 Å². The van der Waals surface area contributed by atoms with Gasteiger partial charge in [0.2, 0.25) is 0 Å². The molecule has 1 atom stereocenters. The summed E-state index contributed by atoms with van der Waals surface area (Å²) >= 11 is 13.6. The van der Waals surface area contributed by atoms with E-state index >= 15 is 0 Å². The van der Waals surface area contributed by atoms with Crippen LogP contribution in [-0.4, -0.2) is 30.4 Å². The Morgan fingerprint density at radius 3 is 2.70 bits per heavy atom. The molecule has 0 aliphatic rings. The van der Waals surface area contributed by atoms with Gasteiger partial charge in [-0.15, -0.1) is 23.7 Å². The molecule has 1 aromatic carbocycles. The molecule has 0 aliphatic carbocycles. The Morgan fingerprint density at radius 2 is 2.10 bits per heavy atom. The number of thiophene rings is 1. The summed E-state index contributed by atoms with van der Waals surface area (Å²) in [6.45, 7) is 2.31. The molecule has 1 unspecified atom stereocenters. The molecule has 3 nitrogen and oxygen atoms in total. The van der Waals surface area contributed by atoms with Gasteiger partial charge in [-0.1, -0.05) is 29.3 Å². The van der Waals surface area contributed by atoms with Gasteiger partial charge in [0.25, 0.3) is 5.91 Å². The Labute approximate surface area is 138 Å². The Morgan fingerprint density at radius 1 is 1.45 bits per heavy atom. The zero-order valence-electron chi connectivity index (χ0n) is 11.0. The second-order valence-corrected chi connectivity index (χ2v) is 6.25. The van der Waals surface area contributed by atoms with Crippen LogP contribution in [0.5, 0.6) is 0 Å². The molecule has 0 fully saturated rings. The Hall–Kier alpha value is -0.520. The number of amides is 1. The van der Waals surface area contributed by atoms with Gasteiger partial charge in [-0.25, -0.2) is 0 Å². The van der Waals surface area contributed by atoms with Crippen LogP contribution in [0.25, 0.3) is 10.1 Å². The van der Waals surface area contributed by atoms with Gasteiger partial charge in [-0.3, -0.25) is 4.79 Å². The highest BCUT2D eigenvalue weighted by molar-refractivity contribution is 7.21. The molecule has 0 spiro atoms. The quantitative estimate of drug-likeness (QED) is 0.905. The number of nitrogens with zero attached hydrogens (tertiary/aromatic N) is 1. The van der Waals surface area contributed by atoms with Gasteiger partial charge >= 0.3 is 0 Å². The first-order valence-corrected chi connectivity index (χ1v) is 7.37. The van der Waals surface area contributed by atoms with Crippen LogP contribution in [-0.2, 0) is 0 Å². The van der Waals surface area contributed by atoms with E-state index in [9.17, 15) is 4.79 Å². The third-order valence-corrected chi connectivity index (χ3v) is 4.99. The van der Waals surface area contributed by atoms with Crippen LogP contribution in [0.2, 0.25) is 10.0 Å². The van der Waals surface area contributed by atoms with Crippen LogP contribution in [0.4, 0.5) is 0 Å². The lowest BCUT2D eigenvalue weighted by atomic mass is 10.2. The van der Waals surface area contributed by atoms with Crippen molar-refractivity contribution in [2.24, 2.45) is 5.73 Å². The van der Waals surface area contributed by atoms with Gasteiger partial charge in [0.05, 0.1) is 5.02 Å². The first-order valence-electron chi connectivity index (χ1n) is 5.80. The summed E-state index contributed by atoms with van der Waals surface area (Å²) in [6, 6.07) is 5.39. The summed E-state index contributed by atoms with van der Waals surface area (Å²) in [5.74, 6) is -0.111. The SMILES string of the molecule is CC(CN)N(C)C(=O)c1sc2cc(Cl)ccc2c1Cl.Cl. The maximum atomic E-state index is 12.4. The van der Waals surface area contributed by atoms with Crippen LogP contribution in [0, 0.1) is 0 Å². The molecule has 1 amide bonds. The summed E-state index contributed by atoms with van der Waals surface area (Å²) in [4.78, 5) is 14.5. The number of hydrogen-bond donors (Lipinski definition) is 1. The molecule has 0 radical (unpaired) electrons. The maximum Gasteiger partial charge on any atom is 0.265 e. The van der Waals surface area contributed by atoms with E-state index in [2.05, 4.69) is 0 Å². The molecule has 20 heavy (non-hydrogen) atoms. The van der Waals surface area contributed by atoms with Crippen molar-refractivity contribution in [3.05, 3.63) is 33.1 Å². The number of hydrogen-bond acceptors (Lipinski definition) is 3. The van der Waals surface area contributed by atoms with Crippen molar-refractivity contribution >= 4 is 62.9 Å². The topological polar surface area (TPSA) is 46.3 Å². The van der Waals surface area contributed by atoms with E-state index in [-0.39, 0.29) is 24.4 Å². The number of nitrogens with two attached hydrogens (primary N) is 1. The first kappa shape index (κ1) is 17.5. The second-order valence-electron chi connectivity index (χ2n) is 4.39. The fraction of sp³-hybridized carbons (Fsp3) is 0.308. The van der Waals surface area contributed by atoms with E-state index in [0.717, 1.165) is 10.1 Å². The van der Waals surface area contributed by atoms with Crippen molar-refractivity contribution in [3.8, 4) is 0 Å². The lowest BCUT2D eigenvalue weighted by Crippen LogP contribution is -2.39. The molecule has 0 saturated carbocycles. The zero-order valence-corrected chi connectivity index (χ0v) is 14.2. The average molecular weight is 354 g/mol. The van der Waals surface area contributed by atoms with Crippen molar-refractivity contribution in [2.45, 2.75) is 13.0 Å². The molecular formula is C13H15Cl3N2OS. The van der Waals surface area contributed by atoms with Crippen LogP contribution in [0.15, 0.2) is 18.2 Å². The van der Waals surface area contributed by atoms with E-state index < -0.39 is 0 Å². The van der Waals surface area contributed by atoms with E-state index in [1.807, 2.05) is 19.1 Å². The summed E-state index contributed by atoms with van der Waals surface area (Å²) < 4.78 is 0.912. The minimum atomic E-state index is -0.111. The molecular weight excluding hydrogens is 339 g/mol. The number of halogens is 3. The number of carbonyl (C=O) groups is 1. The van der Waals surface area contributed by atoms with Gasteiger partial charge in [-0.05, 0) is 19.1 Å². The molecule has 7 heteroatoms. The molecule has 2 aromatic rings. The van der Waals surface area contributed by atoms with Crippen LogP contribution in [0.3, 0.4) is 0 Å². The van der Waals surface area contributed by atoms with Crippen LogP contribution < -0.4 is 5.73 Å². The predicted octanol–water partition coefficient (Wildman–Crippen LogP) is 4.05. The molecule has 0 saturated heterocycles. The first-order chi connectivity index (χ1) is 8.95. The molecule has 1 heterocycles. The van der Waals surface area contributed by atoms with E-state index in [4.69, 9.17) is 28.9 Å². The lowest BCUT2D eigenvalue weighted by Gasteiger charge is -2.23. The van der Waals surface area contributed by atoms with Gasteiger partial charge < -0.3 is 10.6 Å². The smallest absolute Gasteiger partial charge is 0.265 e. The highest BCUT2D eigenvalue weighted by Crippen LogP contribution is 2.37. The minimum absolute atomic E-state index is 0. The molecule has 1 aromatic heterocycles. The minimum Gasteiger partial charge on any atom is -0.337 e. The zero-order chi connectivity index (χ0) is 14.2. The van der Waals surface area contributed by atoms with Gasteiger partial charge in [0, 0.05) is 34.7 Å². The number of rotatable bonds is 3. The standard InChI is InChI=1S/C13H14Cl2N2OS.ClH/c1-7(6-16)17(2)13(18)12-11(15)9-4-3-8(14)5-10(9)19-12;/h3-5,7H,6,16H2,1-2H3;1H. The second kappa shape index (κ2) is 6.96. The Bertz CT molecular complexity index is 629. The highest BCUT2D eigenvalue weighted by Gasteiger charge is 2.22. The Balaban J connectivity index is 0.00000200. The molecule has 0 aliphatic heterocycles. The third kappa shape index (κ3) is 3.21. The fourth-order valence-corrected chi connectivity index (χ4v) is 3.47. The normalized spacial score (nSPS) is 12.1. The van der Waals surface area contributed by atoms with Crippen LogP contribution in [0.1, 0.15) is 16.6 Å². The van der Waals surface area contributed by atoms with Gasteiger partial charge in [0.1, 0.15) is 4.88 Å². The van der Waals surface area contributed by atoms with Gasteiger partial charge in [-0.2, -0.15) is 0 Å². The fourth-order valence-electron chi connectivity index (χ4n) is 1.70. The number of likely N-dealkylation sites (N-methyl/N-ethyl adjacent to an activating group) is 1. The third-order valence-electron chi connectivity index (χ3n) is 3.11. The van der Waals surface area contributed by atoms with E-state index in [1.54, 1.807) is 18.0 Å². The monoisotopic (exact) mass is 352 g/mol. The summed E-state index contributed by atoms with van der Waals surface area (Å²) in [5.41, 5.74) is 5.58.